The third kappa shape index (κ3) is 1.16. The molecule has 0 atom stereocenters. The van der Waals surface area contributed by atoms with Crippen molar-refractivity contribution in [2.75, 3.05) is 0 Å². The molecule has 0 bridgehead atoms. The molecule has 0 aliphatic heterocycles. The lowest BCUT2D eigenvalue weighted by atomic mass is 9.95. The molecule has 0 aromatic heterocycles. The SMILES string of the molecule is C=c1c(CC)cc2cccc3cccc1c32. The summed E-state index contributed by atoms with van der Waals surface area (Å²) < 4.78 is 0. The topological polar surface area (TPSA) is 0 Å². The van der Waals surface area contributed by atoms with E-state index in [0.29, 0.717) is 0 Å². The largest absolute Gasteiger partial charge is 0.0909 e. The Hall–Kier alpha value is -1.82. The van der Waals surface area contributed by atoms with Crippen LogP contribution in [-0.2, 0) is 6.42 Å². The predicted molar refractivity (Wildman–Crippen MR) is 71.6 cm³/mol. The van der Waals surface area contributed by atoms with Gasteiger partial charge in [0.1, 0.15) is 0 Å². The summed E-state index contributed by atoms with van der Waals surface area (Å²) in [4.78, 5) is 0. The van der Waals surface area contributed by atoms with E-state index >= 15 is 0 Å². The molecule has 78 valence electrons. The van der Waals surface area contributed by atoms with E-state index in [1.165, 1.54) is 32.3 Å². The molecule has 3 rings (SSSR count). The summed E-state index contributed by atoms with van der Waals surface area (Å²) in [7, 11) is 0. The predicted octanol–water partition coefficient (Wildman–Crippen LogP) is 3.68. The van der Waals surface area contributed by atoms with Gasteiger partial charge in [-0.1, -0.05) is 56.0 Å². The summed E-state index contributed by atoms with van der Waals surface area (Å²) in [5.74, 6) is 0. The van der Waals surface area contributed by atoms with Gasteiger partial charge < -0.3 is 0 Å². The first-order valence-electron chi connectivity index (χ1n) is 5.73. The van der Waals surface area contributed by atoms with Crippen LogP contribution >= 0.6 is 0 Å². The molecule has 0 heterocycles. The van der Waals surface area contributed by atoms with Gasteiger partial charge in [-0.15, -0.1) is 0 Å². The standard InChI is InChI=1S/C16H14/c1-3-12-10-14-8-4-6-13-7-5-9-15(11(12)2)16(13)14/h4-10H,2-3H2,1H3. The molecule has 0 unspecified atom stereocenters. The number of hydrogen-bond acceptors (Lipinski definition) is 0. The third-order valence-corrected chi connectivity index (χ3v) is 3.36. The van der Waals surface area contributed by atoms with E-state index < -0.39 is 0 Å². The van der Waals surface area contributed by atoms with Crippen LogP contribution in [0.25, 0.3) is 28.1 Å². The van der Waals surface area contributed by atoms with Crippen molar-refractivity contribution in [3.63, 3.8) is 0 Å². The Labute approximate surface area is 95.2 Å². The molecule has 0 spiro atoms. The smallest absolute Gasteiger partial charge is 0.00329 e. The summed E-state index contributed by atoms with van der Waals surface area (Å²) in [5.41, 5.74) is 1.35. The normalized spacial score (nSPS) is 11.3. The van der Waals surface area contributed by atoms with E-state index in [0.717, 1.165) is 6.42 Å². The van der Waals surface area contributed by atoms with Gasteiger partial charge in [0.05, 0.1) is 0 Å². The molecule has 0 N–H and O–H groups in total. The molecular weight excluding hydrogens is 192 g/mol. The first-order valence-corrected chi connectivity index (χ1v) is 5.73. The number of benzene rings is 3. The second kappa shape index (κ2) is 3.34. The molecule has 3 aromatic carbocycles. The summed E-state index contributed by atoms with van der Waals surface area (Å²) in [6, 6.07) is 15.2. The van der Waals surface area contributed by atoms with Crippen molar-refractivity contribution in [3.8, 4) is 0 Å². The van der Waals surface area contributed by atoms with Gasteiger partial charge >= 0.3 is 0 Å². The van der Waals surface area contributed by atoms with Crippen molar-refractivity contribution in [1.82, 2.24) is 0 Å². The van der Waals surface area contributed by atoms with Gasteiger partial charge in [-0.05, 0) is 38.7 Å². The molecule has 0 aliphatic rings. The van der Waals surface area contributed by atoms with Crippen LogP contribution in [-0.4, -0.2) is 0 Å². The maximum Gasteiger partial charge on any atom is -0.00329 e. The van der Waals surface area contributed by atoms with Gasteiger partial charge in [0, 0.05) is 0 Å². The van der Waals surface area contributed by atoms with Crippen molar-refractivity contribution in [1.29, 1.82) is 0 Å². The lowest BCUT2D eigenvalue weighted by Gasteiger charge is -2.09. The fourth-order valence-electron chi connectivity index (χ4n) is 2.51. The zero-order chi connectivity index (χ0) is 11.1. The van der Waals surface area contributed by atoms with Crippen LogP contribution in [0.5, 0.6) is 0 Å². The van der Waals surface area contributed by atoms with E-state index in [4.69, 9.17) is 0 Å². The maximum absolute atomic E-state index is 4.22. The minimum atomic E-state index is 1.05. The maximum atomic E-state index is 4.22. The van der Waals surface area contributed by atoms with Crippen molar-refractivity contribution >= 4 is 28.1 Å². The molecule has 0 nitrogen and oxygen atoms in total. The fraction of sp³-hybridized carbons (Fsp3) is 0.125. The Morgan fingerprint density at radius 3 is 2.44 bits per heavy atom. The van der Waals surface area contributed by atoms with E-state index in [1.54, 1.807) is 0 Å². The first kappa shape index (κ1) is 9.41. The minimum Gasteiger partial charge on any atom is -0.0909 e. The molecule has 0 saturated heterocycles. The Kier molecular flexibility index (Phi) is 1.97. The van der Waals surface area contributed by atoms with Gasteiger partial charge in [0.25, 0.3) is 0 Å². The van der Waals surface area contributed by atoms with E-state index in [-0.39, 0.29) is 0 Å². The second-order valence-corrected chi connectivity index (χ2v) is 4.25. The molecule has 0 heteroatoms. The molecule has 0 aliphatic carbocycles. The number of hydrogen-bond donors (Lipinski definition) is 0. The highest BCUT2D eigenvalue weighted by atomic mass is 14.1. The minimum absolute atomic E-state index is 1.05. The Bertz CT molecular complexity index is 702. The highest BCUT2D eigenvalue weighted by Crippen LogP contribution is 2.25. The van der Waals surface area contributed by atoms with E-state index in [1.807, 2.05) is 0 Å². The van der Waals surface area contributed by atoms with Gasteiger partial charge in [0.2, 0.25) is 0 Å². The molecule has 16 heavy (non-hydrogen) atoms. The monoisotopic (exact) mass is 206 g/mol. The molecule has 0 radical (unpaired) electrons. The van der Waals surface area contributed by atoms with E-state index in [9.17, 15) is 0 Å². The van der Waals surface area contributed by atoms with Crippen LogP contribution in [0.3, 0.4) is 0 Å². The first-order chi connectivity index (χ1) is 7.81. The number of rotatable bonds is 1. The van der Waals surface area contributed by atoms with Crippen LogP contribution in [0.4, 0.5) is 0 Å². The highest BCUT2D eigenvalue weighted by Gasteiger charge is 2.04. The van der Waals surface area contributed by atoms with Crippen LogP contribution in [0.2, 0.25) is 0 Å². The van der Waals surface area contributed by atoms with Crippen molar-refractivity contribution < 1.29 is 0 Å². The molecular formula is C16H14. The zero-order valence-electron chi connectivity index (χ0n) is 9.46. The lowest BCUT2D eigenvalue weighted by molar-refractivity contribution is 1.13. The van der Waals surface area contributed by atoms with Gasteiger partial charge in [-0.3, -0.25) is 0 Å². The van der Waals surface area contributed by atoms with Crippen LogP contribution < -0.4 is 5.22 Å². The van der Waals surface area contributed by atoms with Gasteiger partial charge in [-0.25, -0.2) is 0 Å². The van der Waals surface area contributed by atoms with Crippen LogP contribution in [0.15, 0.2) is 42.5 Å². The molecule has 0 saturated carbocycles. The Balaban J connectivity index is 2.66. The molecule has 3 aromatic rings. The summed E-state index contributed by atoms with van der Waals surface area (Å²) in [6.07, 6.45) is 1.05. The second-order valence-electron chi connectivity index (χ2n) is 4.25. The van der Waals surface area contributed by atoms with Gasteiger partial charge in [0.15, 0.2) is 0 Å². The Morgan fingerprint density at radius 1 is 1.00 bits per heavy atom. The number of aryl methyl sites for hydroxylation is 1. The van der Waals surface area contributed by atoms with E-state index in [2.05, 4.69) is 56.0 Å². The summed E-state index contributed by atoms with van der Waals surface area (Å²) >= 11 is 0. The quantitative estimate of drug-likeness (QED) is 0.569. The van der Waals surface area contributed by atoms with Crippen LogP contribution in [0.1, 0.15) is 12.5 Å². The summed E-state index contributed by atoms with van der Waals surface area (Å²) in [5, 5.41) is 6.48. The average molecular weight is 206 g/mol. The van der Waals surface area contributed by atoms with Crippen molar-refractivity contribution in [3.05, 3.63) is 53.2 Å². The van der Waals surface area contributed by atoms with Crippen molar-refractivity contribution in [2.45, 2.75) is 13.3 Å². The average Bonchev–Trinajstić information content (AvgIpc) is 2.33. The molecule has 0 fully saturated rings. The fourth-order valence-corrected chi connectivity index (χ4v) is 2.51. The lowest BCUT2D eigenvalue weighted by Crippen LogP contribution is -2.07. The third-order valence-electron chi connectivity index (χ3n) is 3.36. The van der Waals surface area contributed by atoms with Crippen LogP contribution in [0, 0.1) is 0 Å². The zero-order valence-corrected chi connectivity index (χ0v) is 9.46. The van der Waals surface area contributed by atoms with Crippen molar-refractivity contribution in [2.24, 2.45) is 0 Å². The summed E-state index contributed by atoms with van der Waals surface area (Å²) in [6.45, 7) is 6.41. The van der Waals surface area contributed by atoms with Gasteiger partial charge in [-0.2, -0.15) is 0 Å². The highest BCUT2D eigenvalue weighted by molar-refractivity contribution is 6.10. The Morgan fingerprint density at radius 2 is 1.69 bits per heavy atom. The molecule has 0 amide bonds.